The monoisotopic (exact) mass is 2210 g/mol. The van der Waals surface area contributed by atoms with Crippen LogP contribution in [0.1, 0.15) is 223 Å². The van der Waals surface area contributed by atoms with Crippen LogP contribution in [0.2, 0.25) is 15.1 Å². The van der Waals surface area contributed by atoms with E-state index in [0.29, 0.717) is 100 Å². The van der Waals surface area contributed by atoms with Crippen molar-refractivity contribution < 1.29 is 48.1 Å². The van der Waals surface area contributed by atoms with Gasteiger partial charge in [0, 0.05) is 84.8 Å². The van der Waals surface area contributed by atoms with E-state index in [2.05, 4.69) is 118 Å². The van der Waals surface area contributed by atoms with Crippen LogP contribution in [0.25, 0.3) is 0 Å². The molecular weight excluding hydrogens is 2120 g/mol. The van der Waals surface area contributed by atoms with Crippen molar-refractivity contribution in [1.82, 2.24) is 19.9 Å². The number of fused-ring (bicyclic) bond motifs is 9. The third-order valence-electron chi connectivity index (χ3n) is 23.3. The number of aromatic carboxylic acids is 2. The van der Waals surface area contributed by atoms with Gasteiger partial charge in [0.25, 0.3) is 5.91 Å². The van der Waals surface area contributed by atoms with E-state index in [9.17, 15) is 45.5 Å². The van der Waals surface area contributed by atoms with Crippen molar-refractivity contribution in [1.29, 1.82) is 15.8 Å². The van der Waals surface area contributed by atoms with Gasteiger partial charge in [-0.1, -0.05) is 92.6 Å². The molecule has 3 aromatic heterocycles. The minimum Gasteiger partial charge on any atom is -0.477 e. The van der Waals surface area contributed by atoms with Gasteiger partial charge in [0.2, 0.25) is 0 Å². The Hall–Kier alpha value is -4.43. The molecule has 4 saturated carbocycles. The molecule has 5 fully saturated rings. The molecule has 0 spiro atoms. The standard InChI is InChI=1S/C28H30ClN5O2.2C23H21ClN4O2.C6H12O.I3.I2.HI/c29-23-15-19(6-5-18(23)16-30)34-27(17-3-1-2-4-17)22-8-9-24-21(26(22)32-34)7-10-25(31-24)28(36)33-13-11-20(35)12-14-33;2*24-18-11-15(6-5-14(18)12-25)28-22(13-3-1-2-4-13)17-8-9-19-16(21(17)27-28)7-10-20(26-19)23(29)30;7-6-4-2-1-3-5-6;1-3-2;1-2;/h5-7,10,15,17,20,22,27,35H,1-4,8-9,11-14H2;2*5-7,10-11,13,17,22H,1-4,8-9H2,(H,29,30);6-7H,1-5H2;;;1H/q;;;;-1;;/t22-,27-;2*17-,22-;;;;/m000..../s1. The van der Waals surface area contributed by atoms with Crippen LogP contribution in [0.5, 0.6) is 0 Å². The summed E-state index contributed by atoms with van der Waals surface area (Å²) in [5.41, 5.74) is 13.3. The average molecular weight is 2210 g/mol. The molecule has 1 saturated heterocycles. The maximum Gasteiger partial charge on any atom is 0.354 e. The Balaban J connectivity index is 0.000000151. The number of hydrogen-bond acceptors (Lipinski definition) is 17. The van der Waals surface area contributed by atoms with E-state index in [1.807, 2.05) is 60.7 Å². The number of aryl methyl sites for hydroxylation is 3. The minimum atomic E-state index is -1.01. The van der Waals surface area contributed by atoms with Crippen LogP contribution in [-0.4, -0.2) is 119 Å². The molecule has 11 aliphatic rings. The van der Waals surface area contributed by atoms with Crippen LogP contribution in [0.3, 0.4) is 0 Å². The quantitative estimate of drug-likeness (QED) is 0.0978. The number of aliphatic hydroxyl groups is 2. The number of nitriles is 3. The Morgan fingerprint density at radius 3 is 1.01 bits per heavy atom. The summed E-state index contributed by atoms with van der Waals surface area (Å²) in [6.07, 6.45) is 26.6. The molecule has 6 aromatic rings. The molecule has 17 rings (SSSR count). The molecule has 0 radical (unpaired) electrons. The number of rotatable bonds is 9. The fourth-order valence-corrected chi connectivity index (χ4v) is 18.8. The number of aromatic nitrogens is 3. The first-order valence-electron chi connectivity index (χ1n) is 37.3. The predicted molar refractivity (Wildman–Crippen MR) is 467 cm³/mol. The number of benzene rings is 3. The number of hydrogen-bond donors (Lipinski definition) is 4. The molecule has 6 atom stereocenters. The molecule has 0 bridgehead atoms. The van der Waals surface area contributed by atoms with Crippen LogP contribution >= 0.6 is 133 Å². The van der Waals surface area contributed by atoms with Crippen molar-refractivity contribution in [2.75, 3.05) is 28.1 Å². The number of hydrazone groups is 3. The minimum absolute atomic E-state index is 0. The Labute approximate surface area is 722 Å². The van der Waals surface area contributed by atoms with Gasteiger partial charge in [0.05, 0.1) is 113 Å². The molecule has 7 aliphatic carbocycles. The molecule has 109 heavy (non-hydrogen) atoms. The number of pyridine rings is 3. The molecular formula is C80H85Cl3I6N13O7-. The van der Waals surface area contributed by atoms with Crippen molar-refractivity contribution in [3.05, 3.63) is 174 Å². The van der Waals surface area contributed by atoms with Crippen LogP contribution in [0.15, 0.2) is 106 Å². The summed E-state index contributed by atoms with van der Waals surface area (Å²) in [4.78, 5) is 51.1. The van der Waals surface area contributed by atoms with E-state index < -0.39 is 11.9 Å². The van der Waals surface area contributed by atoms with Gasteiger partial charge in [-0.2, -0.15) is 31.1 Å². The molecule has 576 valence electrons. The number of carboxylic acids is 2. The third kappa shape index (κ3) is 19.6. The van der Waals surface area contributed by atoms with E-state index in [4.69, 9.17) is 60.2 Å². The normalized spacial score (nSPS) is 22.5. The van der Waals surface area contributed by atoms with E-state index in [0.717, 1.165) is 119 Å². The van der Waals surface area contributed by atoms with Crippen molar-refractivity contribution in [3.8, 4) is 18.2 Å². The van der Waals surface area contributed by atoms with Crippen LogP contribution in [0.4, 0.5) is 17.1 Å². The van der Waals surface area contributed by atoms with Crippen LogP contribution in [-0.2, 0) is 19.3 Å². The van der Waals surface area contributed by atoms with Gasteiger partial charge in [-0.15, -0.1) is 24.0 Å². The number of anilines is 3. The SMILES string of the molecule is I.II.I[I-]I.N#Cc1ccc(N2N=C3c4ccc(C(=O)N5CCC(O)CC5)nc4CC[C@@H]3[C@@H]2C2CCCC2)cc1Cl.N#Cc1ccc(N2N=C3c4ccc(C(=O)O)nc4CC[C@@H]3[C@@H]2C2CCCC2)cc1Cl.N#Cc1ccc(N2N=C3c4ccc(C(=O)O)nc4CC[C@@H]3[C@@H]2C2CCCC2)cc1Cl.OC1CCCCC1. The summed E-state index contributed by atoms with van der Waals surface area (Å²) in [7, 11) is 0. The Bertz CT molecular complexity index is 4350. The molecule has 1 amide bonds. The maximum atomic E-state index is 13.1. The van der Waals surface area contributed by atoms with E-state index in [-0.39, 0.29) is 83.4 Å². The number of piperidine rings is 1. The third-order valence-corrected chi connectivity index (χ3v) is 24.2. The molecule has 20 nitrogen and oxygen atoms in total. The zero-order chi connectivity index (χ0) is 76.3. The first kappa shape index (κ1) is 85.5. The Morgan fingerprint density at radius 1 is 0.431 bits per heavy atom. The molecule has 29 heteroatoms. The van der Waals surface area contributed by atoms with E-state index in [1.165, 1.54) is 96.3 Å². The van der Waals surface area contributed by atoms with Crippen LogP contribution in [0, 0.1) is 69.5 Å². The number of amides is 1. The van der Waals surface area contributed by atoms with Crippen molar-refractivity contribution >= 4 is 185 Å². The van der Waals surface area contributed by atoms with E-state index in [1.54, 1.807) is 35.2 Å². The topological polar surface area (TPSA) is 292 Å². The number of halogens is 9. The number of likely N-dealkylation sites (tertiary alicyclic amines) is 1. The number of carboxylic acid groups (broad SMARTS) is 2. The van der Waals surface area contributed by atoms with Crippen LogP contribution < -0.4 is 28.3 Å². The maximum absolute atomic E-state index is 13.1. The Kier molecular flexibility index (Phi) is 31.5. The van der Waals surface area contributed by atoms with E-state index >= 15 is 0 Å². The smallest absolute Gasteiger partial charge is 0.354 e. The van der Waals surface area contributed by atoms with Gasteiger partial charge in [0.1, 0.15) is 35.3 Å². The summed E-state index contributed by atoms with van der Waals surface area (Å²) in [6, 6.07) is 34.4. The number of carbonyl (C=O) groups is 3. The number of carbonyl (C=O) groups excluding carboxylic acids is 1. The molecule has 0 unspecified atom stereocenters. The van der Waals surface area contributed by atoms with Gasteiger partial charge in [-0.3, -0.25) is 19.8 Å². The average Bonchev–Trinajstić information content (AvgIpc) is 1.61. The zero-order valence-corrected chi connectivity index (χ0v) is 75.2. The van der Waals surface area contributed by atoms with Gasteiger partial charge < -0.3 is 25.3 Å². The summed E-state index contributed by atoms with van der Waals surface area (Å²) in [5, 5.41) is 87.9. The van der Waals surface area contributed by atoms with Crippen molar-refractivity contribution in [2.45, 2.75) is 191 Å². The second-order valence-corrected chi connectivity index (χ2v) is 46.9. The van der Waals surface area contributed by atoms with Crippen molar-refractivity contribution in [2.24, 2.45) is 50.8 Å². The number of nitrogens with zero attached hydrogens (tertiary/aromatic N) is 13. The number of aliphatic hydroxyl groups excluding tert-OH is 2. The van der Waals surface area contributed by atoms with Gasteiger partial charge in [-0.05, 0) is 211 Å². The molecule has 7 heterocycles. The van der Waals surface area contributed by atoms with Gasteiger partial charge >= 0.3 is 62.4 Å². The summed E-state index contributed by atoms with van der Waals surface area (Å²) >= 11 is 28.6. The molecule has 4 N–H and O–H groups in total. The zero-order valence-electron chi connectivity index (χ0n) is 59.9. The summed E-state index contributed by atoms with van der Waals surface area (Å²) < 4.78 is 0. The fraction of sp³-hybridized carbons (Fsp3) is 0.475. The molecule has 4 aliphatic heterocycles. The summed E-state index contributed by atoms with van der Waals surface area (Å²) in [6.45, 7) is 1.14. The first-order chi connectivity index (χ1) is 52.5. The summed E-state index contributed by atoms with van der Waals surface area (Å²) in [5.74, 6) is 0.476. The second-order valence-electron chi connectivity index (χ2n) is 29.4. The molecule has 3 aromatic carbocycles. The van der Waals surface area contributed by atoms with Gasteiger partial charge in [-0.25, -0.2) is 24.5 Å². The second kappa shape index (κ2) is 40.2. The first-order valence-corrected chi connectivity index (χ1v) is 57.3. The predicted octanol–water partition coefficient (Wildman–Crippen LogP) is 16.3. The van der Waals surface area contributed by atoms with Gasteiger partial charge in [0.15, 0.2) is 0 Å². The van der Waals surface area contributed by atoms with Crippen molar-refractivity contribution in [3.63, 3.8) is 0 Å². The largest absolute Gasteiger partial charge is 0.477 e. The Morgan fingerprint density at radius 2 is 0.725 bits per heavy atom. The fourth-order valence-electron chi connectivity index (χ4n) is 18.2.